The zero-order valence-corrected chi connectivity index (χ0v) is 21.7. The smallest absolute Gasteiger partial charge is 0.321 e. The average Bonchev–Trinajstić information content (AvgIpc) is 2.87. The number of rotatable bonds is 10. The maximum atomic E-state index is 12.8. The number of hydrogen-bond acceptors (Lipinski definition) is 6. The second kappa shape index (κ2) is 13.4. The second-order valence-corrected chi connectivity index (χ2v) is 9.56. The predicted octanol–water partition coefficient (Wildman–Crippen LogP) is 3.73. The van der Waals surface area contributed by atoms with Gasteiger partial charge in [-0.25, -0.2) is 4.79 Å². The third kappa shape index (κ3) is 7.65. The number of urea groups is 1. The van der Waals surface area contributed by atoms with Gasteiger partial charge in [0.15, 0.2) is 11.5 Å². The van der Waals surface area contributed by atoms with Gasteiger partial charge >= 0.3 is 6.03 Å². The Hall–Kier alpha value is -2.68. The molecule has 0 radical (unpaired) electrons. The number of methoxy groups -OCH3 is 3. The summed E-state index contributed by atoms with van der Waals surface area (Å²) in [5.41, 5.74) is 0.574. The molecule has 9 heteroatoms. The number of ether oxygens (including phenoxy) is 3. The first-order chi connectivity index (χ1) is 16.9. The molecule has 1 aromatic rings. The van der Waals surface area contributed by atoms with Crippen LogP contribution in [-0.2, 0) is 4.79 Å². The molecule has 0 bridgehead atoms. The van der Waals surface area contributed by atoms with E-state index in [2.05, 4.69) is 22.5 Å². The monoisotopic (exact) mass is 490 g/mol. The molecule has 1 aromatic carbocycles. The highest BCUT2D eigenvalue weighted by atomic mass is 16.5. The lowest BCUT2D eigenvalue weighted by molar-refractivity contribution is -0.122. The van der Waals surface area contributed by atoms with E-state index in [1.165, 1.54) is 25.8 Å². The van der Waals surface area contributed by atoms with Gasteiger partial charge in [-0.15, -0.1) is 0 Å². The number of anilines is 1. The van der Waals surface area contributed by atoms with Crippen molar-refractivity contribution in [1.82, 2.24) is 15.1 Å². The summed E-state index contributed by atoms with van der Waals surface area (Å²) in [5.74, 6) is 1.88. The van der Waals surface area contributed by atoms with Crippen molar-refractivity contribution in [2.24, 2.45) is 5.92 Å². The summed E-state index contributed by atoms with van der Waals surface area (Å²) in [6.07, 6.45) is 7.07. The minimum atomic E-state index is -0.172. The number of carbonyl (C=O) groups is 2. The van der Waals surface area contributed by atoms with Crippen LogP contribution in [0.15, 0.2) is 12.1 Å². The first-order valence-corrected chi connectivity index (χ1v) is 12.8. The number of benzene rings is 1. The molecule has 2 saturated heterocycles. The highest BCUT2D eigenvalue weighted by Gasteiger charge is 2.25. The third-order valence-electron chi connectivity index (χ3n) is 7.18. The number of nitrogens with one attached hydrogen (secondary N) is 2. The van der Waals surface area contributed by atoms with Gasteiger partial charge in [-0.2, -0.15) is 0 Å². The number of carbonyl (C=O) groups excluding carboxylic acids is 2. The van der Waals surface area contributed by atoms with Crippen LogP contribution in [0.1, 0.15) is 51.9 Å². The molecule has 35 heavy (non-hydrogen) atoms. The predicted molar refractivity (Wildman–Crippen MR) is 137 cm³/mol. The van der Waals surface area contributed by atoms with Gasteiger partial charge in [-0.05, 0) is 51.5 Å². The summed E-state index contributed by atoms with van der Waals surface area (Å²) in [5, 5.41) is 6.01. The number of nitrogens with zero attached hydrogens (tertiary/aromatic N) is 2. The minimum Gasteiger partial charge on any atom is -0.493 e. The molecule has 2 heterocycles. The van der Waals surface area contributed by atoms with E-state index in [0.29, 0.717) is 54.4 Å². The maximum Gasteiger partial charge on any atom is 0.321 e. The third-order valence-corrected chi connectivity index (χ3v) is 7.18. The Morgan fingerprint density at radius 2 is 1.66 bits per heavy atom. The zero-order valence-electron chi connectivity index (χ0n) is 21.7. The van der Waals surface area contributed by atoms with Gasteiger partial charge in [0, 0.05) is 50.8 Å². The second-order valence-electron chi connectivity index (χ2n) is 9.56. The van der Waals surface area contributed by atoms with Crippen molar-refractivity contribution in [3.63, 3.8) is 0 Å². The van der Waals surface area contributed by atoms with E-state index in [0.717, 1.165) is 32.4 Å². The van der Waals surface area contributed by atoms with Crippen LogP contribution in [0.3, 0.4) is 0 Å². The van der Waals surface area contributed by atoms with Crippen LogP contribution < -0.4 is 24.8 Å². The average molecular weight is 491 g/mol. The van der Waals surface area contributed by atoms with Crippen LogP contribution in [0.5, 0.6) is 17.2 Å². The van der Waals surface area contributed by atoms with Gasteiger partial charge in [0.2, 0.25) is 11.7 Å². The highest BCUT2D eigenvalue weighted by Crippen LogP contribution is 2.40. The molecule has 0 saturated carbocycles. The Morgan fingerprint density at radius 1 is 0.971 bits per heavy atom. The quantitative estimate of drug-likeness (QED) is 0.486. The lowest BCUT2D eigenvalue weighted by atomic mass is 9.93. The minimum absolute atomic E-state index is 0.122. The zero-order chi connectivity index (χ0) is 25.2. The summed E-state index contributed by atoms with van der Waals surface area (Å²) >= 11 is 0. The fourth-order valence-electron chi connectivity index (χ4n) is 5.03. The number of piperidine rings is 2. The van der Waals surface area contributed by atoms with E-state index in [4.69, 9.17) is 14.2 Å². The SMILES string of the molecule is COc1cc(NC(=O)N2CCC(CC(=O)NCCCN3CCCCC3C)CC2)cc(OC)c1OC. The Kier molecular flexibility index (Phi) is 10.3. The molecular weight excluding hydrogens is 448 g/mol. The Morgan fingerprint density at radius 3 is 2.26 bits per heavy atom. The van der Waals surface area contributed by atoms with Crippen molar-refractivity contribution in [1.29, 1.82) is 0 Å². The van der Waals surface area contributed by atoms with Crippen LogP contribution in [0, 0.1) is 5.92 Å². The summed E-state index contributed by atoms with van der Waals surface area (Å²) in [4.78, 5) is 29.5. The molecule has 2 fully saturated rings. The van der Waals surface area contributed by atoms with Gasteiger partial charge < -0.3 is 34.6 Å². The molecule has 0 aromatic heterocycles. The first-order valence-electron chi connectivity index (χ1n) is 12.8. The molecule has 3 rings (SSSR count). The van der Waals surface area contributed by atoms with Crippen molar-refractivity contribution in [2.45, 2.75) is 57.9 Å². The van der Waals surface area contributed by atoms with Crippen LogP contribution in [0.2, 0.25) is 0 Å². The van der Waals surface area contributed by atoms with Crippen molar-refractivity contribution >= 4 is 17.6 Å². The number of amides is 3. The van der Waals surface area contributed by atoms with Crippen molar-refractivity contribution < 1.29 is 23.8 Å². The van der Waals surface area contributed by atoms with Crippen LogP contribution in [0.4, 0.5) is 10.5 Å². The molecule has 2 N–H and O–H groups in total. The van der Waals surface area contributed by atoms with E-state index in [1.54, 1.807) is 38.4 Å². The molecule has 3 amide bonds. The largest absolute Gasteiger partial charge is 0.493 e. The molecule has 1 unspecified atom stereocenters. The Bertz CT molecular complexity index is 816. The fourth-order valence-corrected chi connectivity index (χ4v) is 5.03. The van der Waals surface area contributed by atoms with E-state index in [1.807, 2.05) is 0 Å². The molecule has 9 nitrogen and oxygen atoms in total. The van der Waals surface area contributed by atoms with Gasteiger partial charge in [-0.1, -0.05) is 6.42 Å². The highest BCUT2D eigenvalue weighted by molar-refractivity contribution is 5.90. The van der Waals surface area contributed by atoms with E-state index < -0.39 is 0 Å². The molecule has 0 spiro atoms. The van der Waals surface area contributed by atoms with Gasteiger partial charge in [0.25, 0.3) is 0 Å². The van der Waals surface area contributed by atoms with Crippen LogP contribution >= 0.6 is 0 Å². The van der Waals surface area contributed by atoms with Crippen molar-refractivity contribution in [3.05, 3.63) is 12.1 Å². The topological polar surface area (TPSA) is 92.4 Å². The molecular formula is C26H42N4O5. The lowest BCUT2D eigenvalue weighted by Gasteiger charge is -2.33. The first kappa shape index (κ1) is 26.9. The van der Waals surface area contributed by atoms with Crippen molar-refractivity contribution in [3.8, 4) is 17.2 Å². The Labute approximate surface area is 209 Å². The van der Waals surface area contributed by atoms with E-state index in [9.17, 15) is 9.59 Å². The molecule has 2 aliphatic rings. The molecule has 0 aliphatic carbocycles. The normalized spacial score (nSPS) is 19.2. The summed E-state index contributed by atoms with van der Waals surface area (Å²) in [6, 6.07) is 3.91. The molecule has 1 atom stereocenters. The van der Waals surface area contributed by atoms with E-state index >= 15 is 0 Å². The van der Waals surface area contributed by atoms with Crippen LogP contribution in [-0.4, -0.2) is 81.8 Å². The van der Waals surface area contributed by atoms with Gasteiger partial charge in [0.1, 0.15) is 0 Å². The lowest BCUT2D eigenvalue weighted by Crippen LogP contribution is -2.42. The summed E-state index contributed by atoms with van der Waals surface area (Å²) < 4.78 is 16.0. The van der Waals surface area contributed by atoms with Crippen LogP contribution in [0.25, 0.3) is 0 Å². The van der Waals surface area contributed by atoms with Gasteiger partial charge in [-0.3, -0.25) is 4.79 Å². The number of likely N-dealkylation sites (tertiary alicyclic amines) is 2. The number of hydrogen-bond donors (Lipinski definition) is 2. The molecule has 2 aliphatic heterocycles. The maximum absolute atomic E-state index is 12.8. The van der Waals surface area contributed by atoms with E-state index in [-0.39, 0.29) is 11.9 Å². The molecule has 196 valence electrons. The standard InChI is InChI=1S/C26H42N4O5/c1-19-8-5-6-12-29(19)13-7-11-27-24(31)16-20-9-14-30(15-10-20)26(32)28-21-17-22(33-2)25(35-4)23(18-21)34-3/h17-20H,5-16H2,1-4H3,(H,27,31)(H,28,32). The summed E-state index contributed by atoms with van der Waals surface area (Å²) in [7, 11) is 4.62. The summed E-state index contributed by atoms with van der Waals surface area (Å²) in [6.45, 7) is 6.52. The van der Waals surface area contributed by atoms with Crippen molar-refractivity contribution in [2.75, 3.05) is 59.4 Å². The fraction of sp³-hybridized carbons (Fsp3) is 0.692. The van der Waals surface area contributed by atoms with Gasteiger partial charge in [0.05, 0.1) is 27.0 Å². The Balaban J connectivity index is 1.37.